The van der Waals surface area contributed by atoms with E-state index in [1.165, 1.54) is 19.3 Å². The van der Waals surface area contributed by atoms with Gasteiger partial charge >= 0.3 is 0 Å². The molecule has 0 aromatic carbocycles. The Kier molecular flexibility index (Phi) is 4.84. The van der Waals surface area contributed by atoms with Gasteiger partial charge in [0.05, 0.1) is 0 Å². The van der Waals surface area contributed by atoms with Gasteiger partial charge in [-0.05, 0) is 32.6 Å². The van der Waals surface area contributed by atoms with E-state index in [0.717, 1.165) is 31.0 Å². The molecular weight excluding hydrogens is 250 g/mol. The highest BCUT2D eigenvalue weighted by molar-refractivity contribution is 5.39. The van der Waals surface area contributed by atoms with Crippen molar-refractivity contribution in [3.8, 4) is 5.88 Å². The van der Waals surface area contributed by atoms with Crippen LogP contribution < -0.4 is 10.1 Å². The van der Waals surface area contributed by atoms with Crippen LogP contribution in [0.5, 0.6) is 5.88 Å². The highest BCUT2D eigenvalue weighted by Gasteiger charge is 2.21. The Morgan fingerprint density at radius 1 is 1.20 bits per heavy atom. The summed E-state index contributed by atoms with van der Waals surface area (Å²) < 4.78 is 6.09. The molecule has 1 aromatic rings. The van der Waals surface area contributed by atoms with Gasteiger partial charge in [0.25, 0.3) is 0 Å². The molecule has 0 radical (unpaired) electrons. The monoisotopic (exact) mass is 277 g/mol. The van der Waals surface area contributed by atoms with Crippen LogP contribution in [0.15, 0.2) is 6.07 Å². The summed E-state index contributed by atoms with van der Waals surface area (Å²) in [6.07, 6.45) is 6.47. The summed E-state index contributed by atoms with van der Waals surface area (Å²) >= 11 is 0. The quantitative estimate of drug-likeness (QED) is 0.906. The minimum atomic E-state index is -0.0733. The molecule has 1 N–H and O–H groups in total. The number of hydrogen-bond donors (Lipinski definition) is 1. The molecule has 0 spiro atoms. The second-order valence-electron chi connectivity index (χ2n) is 6.57. The lowest BCUT2D eigenvalue weighted by molar-refractivity contribution is 0.147. The summed E-state index contributed by atoms with van der Waals surface area (Å²) in [6, 6.07) is 1.92. The molecule has 4 heteroatoms. The third-order valence-corrected chi connectivity index (χ3v) is 3.57. The van der Waals surface area contributed by atoms with Crippen LogP contribution in [0.25, 0.3) is 0 Å². The van der Waals surface area contributed by atoms with Crippen LogP contribution in [0.1, 0.15) is 65.6 Å². The molecule has 0 atom stereocenters. The largest absolute Gasteiger partial charge is 0.474 e. The van der Waals surface area contributed by atoms with Crippen LogP contribution in [0.4, 0.5) is 5.82 Å². The Morgan fingerprint density at radius 3 is 2.50 bits per heavy atom. The van der Waals surface area contributed by atoms with E-state index in [0.29, 0.717) is 12.0 Å². The van der Waals surface area contributed by atoms with Crippen molar-refractivity contribution in [2.24, 2.45) is 0 Å². The third kappa shape index (κ3) is 4.09. The van der Waals surface area contributed by atoms with E-state index in [-0.39, 0.29) is 5.41 Å². The van der Waals surface area contributed by atoms with Crippen molar-refractivity contribution in [2.45, 2.75) is 71.3 Å². The SMILES string of the molecule is CCNc1cc(OC2CCCCC2)nc(C(C)(C)C)n1. The second-order valence-corrected chi connectivity index (χ2v) is 6.57. The summed E-state index contributed by atoms with van der Waals surface area (Å²) in [5.74, 6) is 2.41. The summed E-state index contributed by atoms with van der Waals surface area (Å²) in [7, 11) is 0. The van der Waals surface area contributed by atoms with Crippen molar-refractivity contribution in [3.05, 3.63) is 11.9 Å². The number of nitrogens with zero attached hydrogens (tertiary/aromatic N) is 2. The number of anilines is 1. The van der Waals surface area contributed by atoms with Gasteiger partial charge in [0.2, 0.25) is 5.88 Å². The first-order chi connectivity index (χ1) is 9.49. The highest BCUT2D eigenvalue weighted by atomic mass is 16.5. The molecule has 0 saturated heterocycles. The number of hydrogen-bond acceptors (Lipinski definition) is 4. The molecule has 4 nitrogen and oxygen atoms in total. The lowest BCUT2D eigenvalue weighted by atomic mass is 9.96. The minimum Gasteiger partial charge on any atom is -0.474 e. The molecule has 1 heterocycles. The predicted molar refractivity (Wildman–Crippen MR) is 82.4 cm³/mol. The molecule has 0 amide bonds. The van der Waals surface area contributed by atoms with Gasteiger partial charge in [0, 0.05) is 18.0 Å². The summed E-state index contributed by atoms with van der Waals surface area (Å²) in [6.45, 7) is 9.30. The maximum atomic E-state index is 6.09. The Hall–Kier alpha value is -1.32. The van der Waals surface area contributed by atoms with Gasteiger partial charge < -0.3 is 10.1 Å². The average molecular weight is 277 g/mol. The molecule has 1 aliphatic rings. The molecule has 0 bridgehead atoms. The molecule has 112 valence electrons. The maximum absolute atomic E-state index is 6.09. The van der Waals surface area contributed by atoms with E-state index < -0.39 is 0 Å². The highest BCUT2D eigenvalue weighted by Crippen LogP contribution is 2.26. The summed E-state index contributed by atoms with van der Waals surface area (Å²) in [5, 5.41) is 3.27. The first kappa shape index (κ1) is 15.1. The van der Waals surface area contributed by atoms with Crippen molar-refractivity contribution in [1.29, 1.82) is 0 Å². The number of nitrogens with one attached hydrogen (secondary N) is 1. The zero-order valence-electron chi connectivity index (χ0n) is 13.2. The van der Waals surface area contributed by atoms with Crippen molar-refractivity contribution in [3.63, 3.8) is 0 Å². The molecule has 2 rings (SSSR count). The van der Waals surface area contributed by atoms with E-state index in [4.69, 9.17) is 4.74 Å². The second kappa shape index (κ2) is 6.42. The topological polar surface area (TPSA) is 47.0 Å². The molecule has 1 aromatic heterocycles. The minimum absolute atomic E-state index is 0.0733. The fourth-order valence-electron chi connectivity index (χ4n) is 2.45. The average Bonchev–Trinajstić information content (AvgIpc) is 2.39. The summed E-state index contributed by atoms with van der Waals surface area (Å²) in [4.78, 5) is 9.19. The van der Waals surface area contributed by atoms with Crippen molar-refractivity contribution in [2.75, 3.05) is 11.9 Å². The molecule has 1 saturated carbocycles. The van der Waals surface area contributed by atoms with Crippen molar-refractivity contribution < 1.29 is 4.74 Å². The van der Waals surface area contributed by atoms with Crippen LogP contribution in [0.2, 0.25) is 0 Å². The number of aromatic nitrogens is 2. The molecular formula is C16H27N3O. The first-order valence-electron chi connectivity index (χ1n) is 7.79. The van der Waals surface area contributed by atoms with E-state index in [9.17, 15) is 0 Å². The van der Waals surface area contributed by atoms with E-state index in [2.05, 4.69) is 43.0 Å². The fraction of sp³-hybridized carbons (Fsp3) is 0.750. The molecule has 20 heavy (non-hydrogen) atoms. The van der Waals surface area contributed by atoms with Gasteiger partial charge in [0.1, 0.15) is 17.7 Å². The zero-order valence-corrected chi connectivity index (χ0v) is 13.2. The van der Waals surface area contributed by atoms with E-state index in [1.807, 2.05) is 6.07 Å². The molecule has 0 aliphatic heterocycles. The van der Waals surface area contributed by atoms with Gasteiger partial charge in [-0.15, -0.1) is 0 Å². The van der Waals surface area contributed by atoms with Crippen molar-refractivity contribution in [1.82, 2.24) is 9.97 Å². The first-order valence-corrected chi connectivity index (χ1v) is 7.79. The maximum Gasteiger partial charge on any atom is 0.219 e. The lowest BCUT2D eigenvalue weighted by Gasteiger charge is -2.24. The zero-order chi connectivity index (χ0) is 14.6. The van der Waals surface area contributed by atoms with Crippen LogP contribution in [-0.2, 0) is 5.41 Å². The predicted octanol–water partition coefficient (Wildman–Crippen LogP) is 3.92. The van der Waals surface area contributed by atoms with Crippen LogP contribution in [0, 0.1) is 0 Å². The van der Waals surface area contributed by atoms with Crippen LogP contribution in [0.3, 0.4) is 0 Å². The van der Waals surface area contributed by atoms with Gasteiger partial charge in [-0.1, -0.05) is 27.2 Å². The van der Waals surface area contributed by atoms with E-state index >= 15 is 0 Å². The normalized spacial score (nSPS) is 17.0. The van der Waals surface area contributed by atoms with Gasteiger partial charge in [-0.25, -0.2) is 4.98 Å². The fourth-order valence-corrected chi connectivity index (χ4v) is 2.45. The number of ether oxygens (including phenoxy) is 1. The number of rotatable bonds is 4. The van der Waals surface area contributed by atoms with Gasteiger partial charge in [-0.3, -0.25) is 0 Å². The summed E-state index contributed by atoms with van der Waals surface area (Å²) in [5.41, 5.74) is -0.0733. The Morgan fingerprint density at radius 2 is 1.90 bits per heavy atom. The molecule has 1 fully saturated rings. The smallest absolute Gasteiger partial charge is 0.219 e. The van der Waals surface area contributed by atoms with Crippen molar-refractivity contribution >= 4 is 5.82 Å². The van der Waals surface area contributed by atoms with Crippen LogP contribution in [-0.4, -0.2) is 22.6 Å². The molecule has 1 aliphatic carbocycles. The Labute approximate surface area is 122 Å². The van der Waals surface area contributed by atoms with Crippen LogP contribution >= 0.6 is 0 Å². The Balaban J connectivity index is 2.19. The van der Waals surface area contributed by atoms with Gasteiger partial charge in [0.15, 0.2) is 0 Å². The Bertz CT molecular complexity index is 434. The lowest BCUT2D eigenvalue weighted by Crippen LogP contribution is -2.22. The van der Waals surface area contributed by atoms with E-state index in [1.54, 1.807) is 0 Å². The standard InChI is InChI=1S/C16H27N3O/c1-5-17-13-11-14(19-15(18-13)16(2,3)4)20-12-9-7-6-8-10-12/h11-12H,5-10H2,1-4H3,(H,17,18,19). The third-order valence-electron chi connectivity index (χ3n) is 3.57. The van der Waals surface area contributed by atoms with Gasteiger partial charge in [-0.2, -0.15) is 4.98 Å². The molecule has 0 unspecified atom stereocenters.